The molecule has 1 aromatic heterocycles. The molecule has 2 rings (SSSR count). The molecule has 6 heteroatoms. The minimum Gasteiger partial charge on any atom is -0.340 e. The fraction of sp³-hybridized carbons (Fsp3) is 0.312. The molecule has 0 atom stereocenters. The lowest BCUT2D eigenvalue weighted by Crippen LogP contribution is -2.28. The summed E-state index contributed by atoms with van der Waals surface area (Å²) in [7, 11) is 1.77. The number of nitrogens with one attached hydrogen (secondary N) is 1. The summed E-state index contributed by atoms with van der Waals surface area (Å²) in [4.78, 5) is 29.0. The predicted octanol–water partition coefficient (Wildman–Crippen LogP) is 2.81. The molecule has 0 unspecified atom stereocenters. The fourth-order valence-corrected chi connectivity index (χ4v) is 2.77. The van der Waals surface area contributed by atoms with Crippen molar-refractivity contribution in [3.8, 4) is 0 Å². The highest BCUT2D eigenvalue weighted by Gasteiger charge is 2.15. The second-order valence-electron chi connectivity index (χ2n) is 5.03. The molecule has 1 aromatic carbocycles. The molecule has 0 aliphatic carbocycles. The van der Waals surface area contributed by atoms with E-state index in [0.29, 0.717) is 17.4 Å². The Morgan fingerprint density at radius 1 is 1.27 bits per heavy atom. The van der Waals surface area contributed by atoms with E-state index in [1.54, 1.807) is 17.3 Å². The second kappa shape index (κ2) is 7.70. The van der Waals surface area contributed by atoms with E-state index in [-0.39, 0.29) is 11.8 Å². The maximum absolute atomic E-state index is 12.2. The third-order valence-corrected chi connectivity index (χ3v) is 3.91. The zero-order chi connectivity index (χ0) is 15.9. The maximum Gasteiger partial charge on any atom is 0.273 e. The van der Waals surface area contributed by atoms with Crippen LogP contribution in [0, 0.1) is 0 Å². The van der Waals surface area contributed by atoms with E-state index in [1.807, 2.05) is 18.2 Å². The van der Waals surface area contributed by atoms with Crippen LogP contribution in [0.1, 0.15) is 29.4 Å². The Morgan fingerprint density at radius 2 is 2.00 bits per heavy atom. The smallest absolute Gasteiger partial charge is 0.273 e. The van der Waals surface area contributed by atoms with Crippen molar-refractivity contribution in [2.75, 3.05) is 18.9 Å². The predicted molar refractivity (Wildman–Crippen MR) is 88.1 cm³/mol. The van der Waals surface area contributed by atoms with E-state index < -0.39 is 0 Å². The van der Waals surface area contributed by atoms with Crippen LogP contribution in [0.25, 0.3) is 0 Å². The highest BCUT2D eigenvalue weighted by molar-refractivity contribution is 7.14. The maximum atomic E-state index is 12.2. The van der Waals surface area contributed by atoms with Gasteiger partial charge in [-0.15, -0.1) is 11.3 Å². The molecule has 22 heavy (non-hydrogen) atoms. The van der Waals surface area contributed by atoms with Gasteiger partial charge in [0.1, 0.15) is 5.69 Å². The molecule has 0 aliphatic heterocycles. The summed E-state index contributed by atoms with van der Waals surface area (Å²) in [6, 6.07) is 10.2. The summed E-state index contributed by atoms with van der Waals surface area (Å²) >= 11 is 1.25. The number of thiazole rings is 1. The van der Waals surface area contributed by atoms with Crippen LogP contribution < -0.4 is 5.32 Å². The van der Waals surface area contributed by atoms with Crippen LogP contribution in [0.4, 0.5) is 5.13 Å². The highest BCUT2D eigenvalue weighted by Crippen LogP contribution is 2.16. The third kappa shape index (κ3) is 4.66. The van der Waals surface area contributed by atoms with Crippen LogP contribution in [-0.4, -0.2) is 35.3 Å². The average molecular weight is 317 g/mol. The first-order chi connectivity index (χ1) is 10.6. The van der Waals surface area contributed by atoms with Crippen LogP contribution >= 0.6 is 11.3 Å². The molecule has 5 nitrogen and oxygen atoms in total. The number of hydrogen-bond acceptors (Lipinski definition) is 4. The van der Waals surface area contributed by atoms with Gasteiger partial charge in [-0.1, -0.05) is 30.3 Å². The summed E-state index contributed by atoms with van der Waals surface area (Å²) in [6.45, 7) is 2.08. The van der Waals surface area contributed by atoms with Gasteiger partial charge in [-0.25, -0.2) is 4.98 Å². The molecule has 0 bridgehead atoms. The Hall–Kier alpha value is -2.21. The zero-order valence-electron chi connectivity index (χ0n) is 12.7. The van der Waals surface area contributed by atoms with Crippen molar-refractivity contribution in [1.82, 2.24) is 9.88 Å². The molecule has 0 spiro atoms. The van der Waals surface area contributed by atoms with Crippen LogP contribution in [0.3, 0.4) is 0 Å². The number of aryl methyl sites for hydroxylation is 1. The van der Waals surface area contributed by atoms with Crippen molar-refractivity contribution in [1.29, 1.82) is 0 Å². The van der Waals surface area contributed by atoms with Gasteiger partial charge >= 0.3 is 0 Å². The van der Waals surface area contributed by atoms with Crippen molar-refractivity contribution in [3.05, 3.63) is 47.0 Å². The van der Waals surface area contributed by atoms with Crippen LogP contribution in [0.5, 0.6) is 0 Å². The topological polar surface area (TPSA) is 62.3 Å². The van der Waals surface area contributed by atoms with Gasteiger partial charge in [-0.3, -0.25) is 9.59 Å². The largest absolute Gasteiger partial charge is 0.340 e. The standard InChI is InChI=1S/C16H19N3O2S/c1-12(20)17-16-18-14(11-22-16)15(21)19(2)10-6-9-13-7-4-3-5-8-13/h3-5,7-8,11H,6,9-10H2,1-2H3,(H,17,18,20). The summed E-state index contributed by atoms with van der Waals surface area (Å²) in [5.41, 5.74) is 1.64. The van der Waals surface area contributed by atoms with Crippen LogP contribution in [0.15, 0.2) is 35.7 Å². The number of aromatic nitrogens is 1. The first kappa shape index (κ1) is 16.2. The first-order valence-electron chi connectivity index (χ1n) is 7.09. The van der Waals surface area contributed by atoms with Crippen molar-refractivity contribution in [3.63, 3.8) is 0 Å². The van der Waals surface area contributed by atoms with Gasteiger partial charge in [0.25, 0.3) is 5.91 Å². The number of benzene rings is 1. The Bertz CT molecular complexity index is 640. The lowest BCUT2D eigenvalue weighted by Gasteiger charge is -2.15. The van der Waals surface area contributed by atoms with Gasteiger partial charge in [-0.2, -0.15) is 0 Å². The Labute approximate surface area is 134 Å². The molecule has 0 radical (unpaired) electrons. The number of carbonyl (C=O) groups is 2. The van der Waals surface area contributed by atoms with Gasteiger partial charge in [0.2, 0.25) is 5.91 Å². The Balaban J connectivity index is 1.84. The summed E-state index contributed by atoms with van der Waals surface area (Å²) in [5, 5.41) is 4.70. The van der Waals surface area contributed by atoms with Crippen molar-refractivity contribution < 1.29 is 9.59 Å². The quantitative estimate of drug-likeness (QED) is 0.891. The zero-order valence-corrected chi connectivity index (χ0v) is 13.5. The molecule has 2 amide bonds. The number of anilines is 1. The summed E-state index contributed by atoms with van der Waals surface area (Å²) in [5.74, 6) is -0.314. The minimum absolute atomic E-state index is 0.124. The van der Waals surface area contributed by atoms with Crippen molar-refractivity contribution in [2.45, 2.75) is 19.8 Å². The molecular formula is C16H19N3O2S. The lowest BCUT2D eigenvalue weighted by molar-refractivity contribution is -0.114. The monoisotopic (exact) mass is 317 g/mol. The molecule has 1 N–H and O–H groups in total. The molecule has 0 fully saturated rings. The van der Waals surface area contributed by atoms with Crippen LogP contribution in [-0.2, 0) is 11.2 Å². The minimum atomic E-state index is -0.190. The van der Waals surface area contributed by atoms with E-state index >= 15 is 0 Å². The number of amides is 2. The van der Waals surface area contributed by atoms with E-state index in [0.717, 1.165) is 12.8 Å². The SMILES string of the molecule is CC(=O)Nc1nc(C(=O)N(C)CCCc2ccccc2)cs1. The molecule has 0 saturated heterocycles. The van der Waals surface area contributed by atoms with Gasteiger partial charge in [-0.05, 0) is 18.4 Å². The molecule has 0 saturated carbocycles. The number of hydrogen-bond donors (Lipinski definition) is 1. The average Bonchev–Trinajstić information content (AvgIpc) is 2.95. The molecule has 0 aliphatic rings. The highest BCUT2D eigenvalue weighted by atomic mass is 32.1. The van der Waals surface area contributed by atoms with E-state index in [4.69, 9.17) is 0 Å². The number of carbonyl (C=O) groups excluding carboxylic acids is 2. The fourth-order valence-electron chi connectivity index (χ4n) is 2.04. The first-order valence-corrected chi connectivity index (χ1v) is 7.96. The summed E-state index contributed by atoms with van der Waals surface area (Å²) < 4.78 is 0. The number of rotatable bonds is 6. The lowest BCUT2D eigenvalue weighted by atomic mass is 10.1. The van der Waals surface area contributed by atoms with Crippen molar-refractivity contribution >= 4 is 28.3 Å². The van der Waals surface area contributed by atoms with E-state index in [2.05, 4.69) is 22.4 Å². The number of nitrogens with zero attached hydrogens (tertiary/aromatic N) is 2. The normalized spacial score (nSPS) is 10.3. The van der Waals surface area contributed by atoms with E-state index in [1.165, 1.54) is 23.8 Å². The van der Waals surface area contributed by atoms with Gasteiger partial charge < -0.3 is 10.2 Å². The molecular weight excluding hydrogens is 298 g/mol. The van der Waals surface area contributed by atoms with Gasteiger partial charge in [0, 0.05) is 25.9 Å². The van der Waals surface area contributed by atoms with Crippen molar-refractivity contribution in [2.24, 2.45) is 0 Å². The Morgan fingerprint density at radius 3 is 2.68 bits per heavy atom. The second-order valence-corrected chi connectivity index (χ2v) is 5.89. The molecule has 2 aromatic rings. The van der Waals surface area contributed by atoms with Crippen LogP contribution in [0.2, 0.25) is 0 Å². The van der Waals surface area contributed by atoms with E-state index in [9.17, 15) is 9.59 Å². The molecule has 1 heterocycles. The van der Waals surface area contributed by atoms with Gasteiger partial charge in [0.05, 0.1) is 0 Å². The molecule has 116 valence electrons. The summed E-state index contributed by atoms with van der Waals surface area (Å²) in [6.07, 6.45) is 1.83. The van der Waals surface area contributed by atoms with Gasteiger partial charge in [0.15, 0.2) is 5.13 Å². The third-order valence-electron chi connectivity index (χ3n) is 3.15. The Kier molecular flexibility index (Phi) is 5.66.